The average Bonchev–Trinajstić information content (AvgIpc) is 3.11. The maximum atomic E-state index is 12.9. The molecule has 1 aliphatic heterocycles. The normalized spacial score (nSPS) is 17.8. The van der Waals surface area contributed by atoms with Gasteiger partial charge in [0.2, 0.25) is 5.95 Å². The number of aromatic nitrogens is 2. The van der Waals surface area contributed by atoms with Gasteiger partial charge in [-0.25, -0.2) is 9.97 Å². The molecule has 6 heteroatoms. The number of benzene rings is 1. The molecular formula is C21H27N5O. The van der Waals surface area contributed by atoms with Crippen LogP contribution in [0.3, 0.4) is 0 Å². The molecule has 0 N–H and O–H groups in total. The van der Waals surface area contributed by atoms with E-state index in [9.17, 15) is 4.79 Å². The van der Waals surface area contributed by atoms with E-state index in [2.05, 4.69) is 39.1 Å². The molecule has 2 aliphatic rings. The first kappa shape index (κ1) is 17.9. The van der Waals surface area contributed by atoms with E-state index >= 15 is 0 Å². The smallest absolute Gasteiger partial charge is 0.257 e. The molecule has 6 nitrogen and oxygen atoms in total. The maximum Gasteiger partial charge on any atom is 0.257 e. The highest BCUT2D eigenvalue weighted by Gasteiger charge is 2.31. The average molecular weight is 365 g/mol. The third kappa shape index (κ3) is 3.54. The van der Waals surface area contributed by atoms with E-state index in [0.29, 0.717) is 17.6 Å². The molecule has 1 fully saturated rings. The molecule has 2 aromatic rings. The molecule has 0 atom stereocenters. The van der Waals surface area contributed by atoms with E-state index in [1.165, 1.54) is 11.1 Å². The van der Waals surface area contributed by atoms with Crippen molar-refractivity contribution in [2.24, 2.45) is 0 Å². The number of aryl methyl sites for hydroxylation is 1. The van der Waals surface area contributed by atoms with Crippen LogP contribution in [0.2, 0.25) is 0 Å². The van der Waals surface area contributed by atoms with Gasteiger partial charge in [-0.05, 0) is 30.9 Å². The highest BCUT2D eigenvalue weighted by molar-refractivity contribution is 5.95. The van der Waals surface area contributed by atoms with Gasteiger partial charge in [0.25, 0.3) is 5.91 Å². The third-order valence-corrected chi connectivity index (χ3v) is 5.74. The number of anilines is 1. The van der Waals surface area contributed by atoms with E-state index in [-0.39, 0.29) is 5.91 Å². The second-order valence-electron chi connectivity index (χ2n) is 7.72. The molecule has 4 rings (SSSR count). The molecule has 1 aliphatic carbocycles. The fourth-order valence-corrected chi connectivity index (χ4v) is 4.13. The number of piperazine rings is 1. The summed E-state index contributed by atoms with van der Waals surface area (Å²) in [6, 6.07) is 9.32. The van der Waals surface area contributed by atoms with Gasteiger partial charge >= 0.3 is 0 Å². The van der Waals surface area contributed by atoms with Crippen molar-refractivity contribution in [3.8, 4) is 0 Å². The van der Waals surface area contributed by atoms with Crippen molar-refractivity contribution in [1.29, 1.82) is 0 Å². The minimum atomic E-state index is 0.0483. The number of nitrogens with zero attached hydrogens (tertiary/aromatic N) is 5. The summed E-state index contributed by atoms with van der Waals surface area (Å²) >= 11 is 0. The van der Waals surface area contributed by atoms with Crippen LogP contribution in [-0.2, 0) is 12.8 Å². The van der Waals surface area contributed by atoms with Crippen LogP contribution in [0, 0.1) is 6.92 Å². The Labute approximate surface area is 160 Å². The quantitative estimate of drug-likeness (QED) is 0.830. The monoisotopic (exact) mass is 365 g/mol. The standard InChI is InChI=1S/C21H27N5O/c1-15-19(14-22-21(23-15)24(2)3)20(27)26-10-8-25(9-11-26)18-12-16-6-4-5-7-17(16)13-18/h4-7,14,18H,8-13H2,1-3H3. The number of carbonyl (C=O) groups is 1. The first-order chi connectivity index (χ1) is 13.0. The molecule has 2 heterocycles. The molecular weight excluding hydrogens is 338 g/mol. The van der Waals surface area contributed by atoms with Crippen molar-refractivity contribution >= 4 is 11.9 Å². The zero-order valence-corrected chi connectivity index (χ0v) is 16.4. The fourth-order valence-electron chi connectivity index (χ4n) is 4.13. The highest BCUT2D eigenvalue weighted by atomic mass is 16.2. The van der Waals surface area contributed by atoms with Gasteiger partial charge in [-0.1, -0.05) is 24.3 Å². The van der Waals surface area contributed by atoms with Crippen LogP contribution in [0.15, 0.2) is 30.5 Å². The Morgan fingerprint density at radius 2 is 1.70 bits per heavy atom. The minimum absolute atomic E-state index is 0.0483. The van der Waals surface area contributed by atoms with Gasteiger partial charge in [0.15, 0.2) is 0 Å². The molecule has 27 heavy (non-hydrogen) atoms. The number of fused-ring (bicyclic) bond motifs is 1. The van der Waals surface area contributed by atoms with Gasteiger partial charge in [0.05, 0.1) is 11.3 Å². The van der Waals surface area contributed by atoms with E-state index in [1.807, 2.05) is 30.8 Å². The van der Waals surface area contributed by atoms with Crippen LogP contribution in [0.1, 0.15) is 27.2 Å². The molecule has 0 saturated carbocycles. The molecule has 0 radical (unpaired) electrons. The number of rotatable bonds is 3. The lowest BCUT2D eigenvalue weighted by molar-refractivity contribution is 0.0574. The molecule has 1 aromatic carbocycles. The van der Waals surface area contributed by atoms with Gasteiger partial charge in [0, 0.05) is 52.5 Å². The Morgan fingerprint density at radius 3 is 2.26 bits per heavy atom. The molecule has 0 spiro atoms. The van der Waals surface area contributed by atoms with Crippen LogP contribution in [0.25, 0.3) is 0 Å². The number of hydrogen-bond donors (Lipinski definition) is 0. The van der Waals surface area contributed by atoms with Crippen LogP contribution in [0.5, 0.6) is 0 Å². The molecule has 1 saturated heterocycles. The summed E-state index contributed by atoms with van der Waals surface area (Å²) in [6.07, 6.45) is 3.92. The number of amides is 1. The summed E-state index contributed by atoms with van der Waals surface area (Å²) < 4.78 is 0. The van der Waals surface area contributed by atoms with Crippen molar-refractivity contribution < 1.29 is 4.79 Å². The van der Waals surface area contributed by atoms with E-state index in [4.69, 9.17) is 0 Å². The van der Waals surface area contributed by atoms with Crippen LogP contribution < -0.4 is 4.90 Å². The number of hydrogen-bond acceptors (Lipinski definition) is 5. The second-order valence-corrected chi connectivity index (χ2v) is 7.72. The summed E-state index contributed by atoms with van der Waals surface area (Å²) in [4.78, 5) is 28.0. The van der Waals surface area contributed by atoms with E-state index < -0.39 is 0 Å². The van der Waals surface area contributed by atoms with Crippen LogP contribution in [0.4, 0.5) is 5.95 Å². The topological polar surface area (TPSA) is 52.6 Å². The largest absolute Gasteiger partial charge is 0.347 e. The SMILES string of the molecule is Cc1nc(N(C)C)ncc1C(=O)N1CCN(C2Cc3ccccc3C2)CC1. The predicted octanol–water partition coefficient (Wildman–Crippen LogP) is 1.78. The zero-order chi connectivity index (χ0) is 19.0. The van der Waals surface area contributed by atoms with Crippen LogP contribution >= 0.6 is 0 Å². The summed E-state index contributed by atoms with van der Waals surface area (Å²) in [5.41, 5.74) is 4.32. The van der Waals surface area contributed by atoms with E-state index in [1.54, 1.807) is 6.20 Å². The summed E-state index contributed by atoms with van der Waals surface area (Å²) in [5.74, 6) is 0.682. The zero-order valence-electron chi connectivity index (χ0n) is 16.4. The Hall–Kier alpha value is -2.47. The lowest BCUT2D eigenvalue weighted by atomic mass is 10.1. The van der Waals surface area contributed by atoms with Gasteiger partial charge in [0.1, 0.15) is 0 Å². The molecule has 1 amide bonds. The minimum Gasteiger partial charge on any atom is -0.347 e. The highest BCUT2D eigenvalue weighted by Crippen LogP contribution is 2.26. The summed E-state index contributed by atoms with van der Waals surface area (Å²) in [5, 5.41) is 0. The second kappa shape index (κ2) is 7.27. The fraction of sp³-hybridized carbons (Fsp3) is 0.476. The first-order valence-corrected chi connectivity index (χ1v) is 9.64. The summed E-state index contributed by atoms with van der Waals surface area (Å²) in [7, 11) is 3.80. The Kier molecular flexibility index (Phi) is 4.83. The van der Waals surface area contributed by atoms with Gasteiger partial charge < -0.3 is 9.80 Å². The van der Waals surface area contributed by atoms with Crippen molar-refractivity contribution in [3.63, 3.8) is 0 Å². The lowest BCUT2D eigenvalue weighted by Crippen LogP contribution is -2.52. The molecule has 1 aromatic heterocycles. The molecule has 0 unspecified atom stereocenters. The predicted molar refractivity (Wildman–Crippen MR) is 106 cm³/mol. The Bertz CT molecular complexity index is 817. The lowest BCUT2D eigenvalue weighted by Gasteiger charge is -2.38. The van der Waals surface area contributed by atoms with Gasteiger partial charge in [-0.3, -0.25) is 9.69 Å². The summed E-state index contributed by atoms with van der Waals surface area (Å²) in [6.45, 7) is 5.27. The van der Waals surface area contributed by atoms with Crippen molar-refractivity contribution in [2.75, 3.05) is 45.2 Å². The van der Waals surface area contributed by atoms with E-state index in [0.717, 1.165) is 44.7 Å². The van der Waals surface area contributed by atoms with Crippen LogP contribution in [-0.4, -0.2) is 72.0 Å². The Morgan fingerprint density at radius 1 is 1.07 bits per heavy atom. The maximum absolute atomic E-state index is 12.9. The van der Waals surface area contributed by atoms with Crippen molar-refractivity contribution in [2.45, 2.75) is 25.8 Å². The Balaban J connectivity index is 1.38. The van der Waals surface area contributed by atoms with Crippen molar-refractivity contribution in [1.82, 2.24) is 19.8 Å². The van der Waals surface area contributed by atoms with Gasteiger partial charge in [-0.15, -0.1) is 0 Å². The third-order valence-electron chi connectivity index (χ3n) is 5.74. The van der Waals surface area contributed by atoms with Gasteiger partial charge in [-0.2, -0.15) is 0 Å². The molecule has 0 bridgehead atoms. The number of carbonyl (C=O) groups excluding carboxylic acids is 1. The van der Waals surface area contributed by atoms with Crippen molar-refractivity contribution in [3.05, 3.63) is 52.8 Å². The molecule has 142 valence electrons. The first-order valence-electron chi connectivity index (χ1n) is 9.64.